The lowest BCUT2D eigenvalue weighted by Crippen LogP contribution is -2.16. The Bertz CT molecular complexity index is 1160. The van der Waals surface area contributed by atoms with E-state index in [1.807, 2.05) is 36.6 Å². The van der Waals surface area contributed by atoms with Gasteiger partial charge in [-0.3, -0.25) is 9.59 Å². The Morgan fingerprint density at radius 3 is 2.83 bits per heavy atom. The highest BCUT2D eigenvalue weighted by atomic mass is 32.2. The van der Waals surface area contributed by atoms with Gasteiger partial charge in [0.15, 0.2) is 10.9 Å². The van der Waals surface area contributed by atoms with Crippen LogP contribution in [-0.4, -0.2) is 27.4 Å². The average molecular weight is 435 g/mol. The number of carbonyl (C=O) groups is 2. The van der Waals surface area contributed by atoms with Crippen LogP contribution < -0.4 is 5.32 Å². The van der Waals surface area contributed by atoms with E-state index >= 15 is 0 Å². The van der Waals surface area contributed by atoms with Crippen LogP contribution in [0.4, 0.5) is 5.13 Å². The van der Waals surface area contributed by atoms with Gasteiger partial charge in [0.25, 0.3) is 0 Å². The summed E-state index contributed by atoms with van der Waals surface area (Å²) >= 11 is 2.57. The number of ketones is 1. The number of thioether (sulfide) groups is 1. The number of benzene rings is 1. The van der Waals surface area contributed by atoms with Crippen LogP contribution in [0.25, 0.3) is 11.3 Å². The van der Waals surface area contributed by atoms with E-state index in [0.29, 0.717) is 34.1 Å². The number of hydrogen-bond acceptors (Lipinski definition) is 7. The topological polar surface area (TPSA) is 95.7 Å². The van der Waals surface area contributed by atoms with Crippen molar-refractivity contribution in [3.63, 3.8) is 0 Å². The summed E-state index contributed by atoms with van der Waals surface area (Å²) in [6.07, 6.45) is 1.98. The van der Waals surface area contributed by atoms with Gasteiger partial charge in [0.05, 0.1) is 22.7 Å². The highest BCUT2D eigenvalue weighted by Gasteiger charge is 2.21. The molecular formula is C22H18N4O2S2. The summed E-state index contributed by atoms with van der Waals surface area (Å²) in [5.41, 5.74) is 4.58. The van der Waals surface area contributed by atoms with Gasteiger partial charge in [-0.25, -0.2) is 9.97 Å². The standard InChI is InChI=1S/C22H18N4O2S2/c1-13-5-7-14(8-6-13)18-11-30-22(25-18)26-20(28)12-29-21-15(10-23)9-16-17(24-21)3-2-4-19(16)27/h5-9,11H,2-4,12H2,1H3,(H,25,26,28). The maximum atomic E-state index is 12.4. The second-order valence-corrected chi connectivity index (χ2v) is 8.79. The molecule has 2 heterocycles. The molecule has 1 amide bonds. The van der Waals surface area contributed by atoms with Crippen molar-refractivity contribution in [2.45, 2.75) is 31.2 Å². The van der Waals surface area contributed by atoms with E-state index in [-0.39, 0.29) is 17.4 Å². The zero-order valence-electron chi connectivity index (χ0n) is 16.3. The van der Waals surface area contributed by atoms with E-state index in [1.165, 1.54) is 28.7 Å². The normalized spacial score (nSPS) is 12.9. The van der Waals surface area contributed by atoms with Gasteiger partial charge in [-0.1, -0.05) is 41.6 Å². The van der Waals surface area contributed by atoms with Gasteiger partial charge in [-0.2, -0.15) is 5.26 Å². The number of nitriles is 1. The maximum absolute atomic E-state index is 12.4. The van der Waals surface area contributed by atoms with Crippen molar-refractivity contribution in [3.8, 4) is 17.3 Å². The molecule has 0 radical (unpaired) electrons. The molecule has 4 rings (SSSR count). The molecule has 1 aliphatic rings. The molecule has 6 nitrogen and oxygen atoms in total. The zero-order valence-corrected chi connectivity index (χ0v) is 17.9. The number of Topliss-reactive ketones (excluding diaryl/α,β-unsaturated/α-hetero) is 1. The average Bonchev–Trinajstić information content (AvgIpc) is 3.21. The first-order chi connectivity index (χ1) is 14.5. The summed E-state index contributed by atoms with van der Waals surface area (Å²) in [6.45, 7) is 2.03. The first-order valence-corrected chi connectivity index (χ1v) is 11.3. The summed E-state index contributed by atoms with van der Waals surface area (Å²) in [5.74, 6) is -0.0830. The molecule has 150 valence electrons. The molecule has 8 heteroatoms. The van der Waals surface area contributed by atoms with Crippen molar-refractivity contribution in [2.75, 3.05) is 11.1 Å². The summed E-state index contributed by atoms with van der Waals surface area (Å²) in [4.78, 5) is 33.4. The molecule has 0 atom stereocenters. The van der Waals surface area contributed by atoms with Gasteiger partial charge < -0.3 is 5.32 Å². The van der Waals surface area contributed by atoms with Crippen LogP contribution >= 0.6 is 23.1 Å². The lowest BCUT2D eigenvalue weighted by Gasteiger charge is -2.15. The molecular weight excluding hydrogens is 416 g/mol. The molecule has 0 fully saturated rings. The fourth-order valence-electron chi connectivity index (χ4n) is 3.18. The molecule has 1 aliphatic carbocycles. The van der Waals surface area contributed by atoms with Crippen molar-refractivity contribution in [1.29, 1.82) is 5.26 Å². The van der Waals surface area contributed by atoms with Gasteiger partial charge in [-0.15, -0.1) is 11.3 Å². The largest absolute Gasteiger partial charge is 0.301 e. The summed E-state index contributed by atoms with van der Waals surface area (Å²) in [6, 6.07) is 11.7. The second-order valence-electron chi connectivity index (χ2n) is 6.96. The van der Waals surface area contributed by atoms with Gasteiger partial charge in [0.1, 0.15) is 11.1 Å². The highest BCUT2D eigenvalue weighted by Crippen LogP contribution is 2.28. The second kappa shape index (κ2) is 8.78. The molecule has 1 N–H and O–H groups in total. The minimum absolute atomic E-state index is 0.0303. The number of aryl methyl sites for hydroxylation is 2. The van der Waals surface area contributed by atoms with Crippen molar-refractivity contribution >= 4 is 39.9 Å². The fraction of sp³-hybridized carbons (Fsp3) is 0.227. The Balaban J connectivity index is 1.41. The predicted octanol–water partition coefficient (Wildman–Crippen LogP) is 4.64. The highest BCUT2D eigenvalue weighted by molar-refractivity contribution is 8.00. The number of anilines is 1. The van der Waals surface area contributed by atoms with Crippen LogP contribution in [-0.2, 0) is 11.2 Å². The fourth-order valence-corrected chi connectivity index (χ4v) is 4.69. The molecule has 3 aromatic rings. The summed E-state index contributed by atoms with van der Waals surface area (Å²) in [7, 11) is 0. The SMILES string of the molecule is Cc1ccc(-c2csc(NC(=O)CSc3nc4c(cc3C#N)C(=O)CCC4)n2)cc1. The van der Waals surface area contributed by atoms with Crippen molar-refractivity contribution in [2.24, 2.45) is 0 Å². The van der Waals surface area contributed by atoms with Crippen LogP contribution in [0.5, 0.6) is 0 Å². The Morgan fingerprint density at radius 1 is 1.27 bits per heavy atom. The van der Waals surface area contributed by atoms with Crippen LogP contribution in [0.15, 0.2) is 40.7 Å². The van der Waals surface area contributed by atoms with E-state index in [1.54, 1.807) is 6.07 Å². The molecule has 0 saturated carbocycles. The van der Waals surface area contributed by atoms with E-state index in [0.717, 1.165) is 23.4 Å². The van der Waals surface area contributed by atoms with Crippen LogP contribution in [0.2, 0.25) is 0 Å². The zero-order chi connectivity index (χ0) is 21.1. The predicted molar refractivity (Wildman–Crippen MR) is 118 cm³/mol. The molecule has 2 aromatic heterocycles. The minimum Gasteiger partial charge on any atom is -0.301 e. The Morgan fingerprint density at radius 2 is 2.07 bits per heavy atom. The van der Waals surface area contributed by atoms with Gasteiger partial charge in [0, 0.05) is 22.9 Å². The van der Waals surface area contributed by atoms with Crippen LogP contribution in [0.3, 0.4) is 0 Å². The molecule has 30 heavy (non-hydrogen) atoms. The number of aromatic nitrogens is 2. The Kier molecular flexibility index (Phi) is 5.93. The van der Waals surface area contributed by atoms with Gasteiger partial charge >= 0.3 is 0 Å². The Labute approximate surface area is 182 Å². The molecule has 0 saturated heterocycles. The van der Waals surface area contributed by atoms with E-state index in [9.17, 15) is 14.9 Å². The number of thiazole rings is 1. The summed E-state index contributed by atoms with van der Waals surface area (Å²) in [5, 5.41) is 15.1. The number of fused-ring (bicyclic) bond motifs is 1. The smallest absolute Gasteiger partial charge is 0.236 e. The van der Waals surface area contributed by atoms with E-state index in [4.69, 9.17) is 0 Å². The third kappa shape index (κ3) is 4.42. The molecule has 0 bridgehead atoms. The molecule has 1 aromatic carbocycles. The lowest BCUT2D eigenvalue weighted by molar-refractivity contribution is -0.113. The molecule has 0 unspecified atom stereocenters. The Hall–Kier alpha value is -3.02. The number of carbonyl (C=O) groups excluding carboxylic acids is 2. The molecule has 0 aliphatic heterocycles. The number of nitrogens with one attached hydrogen (secondary N) is 1. The summed E-state index contributed by atoms with van der Waals surface area (Å²) < 4.78 is 0. The number of hydrogen-bond donors (Lipinski definition) is 1. The van der Waals surface area contributed by atoms with Crippen molar-refractivity contribution < 1.29 is 9.59 Å². The van der Waals surface area contributed by atoms with Crippen LogP contribution in [0.1, 0.15) is 40.0 Å². The van der Waals surface area contributed by atoms with Gasteiger partial charge in [0.2, 0.25) is 5.91 Å². The van der Waals surface area contributed by atoms with Crippen LogP contribution in [0, 0.1) is 18.3 Å². The van der Waals surface area contributed by atoms with Crippen molar-refractivity contribution in [3.05, 3.63) is 58.1 Å². The minimum atomic E-state index is -0.218. The number of amides is 1. The quantitative estimate of drug-likeness (QED) is 0.588. The number of pyridine rings is 1. The number of nitrogens with zero attached hydrogens (tertiary/aromatic N) is 3. The van der Waals surface area contributed by atoms with E-state index < -0.39 is 0 Å². The maximum Gasteiger partial charge on any atom is 0.236 e. The molecule has 0 spiro atoms. The lowest BCUT2D eigenvalue weighted by atomic mass is 9.94. The first-order valence-electron chi connectivity index (χ1n) is 9.46. The van der Waals surface area contributed by atoms with E-state index in [2.05, 4.69) is 21.4 Å². The third-order valence-corrected chi connectivity index (χ3v) is 6.49. The number of rotatable bonds is 5. The van der Waals surface area contributed by atoms with Crippen molar-refractivity contribution in [1.82, 2.24) is 9.97 Å². The third-order valence-electron chi connectivity index (χ3n) is 4.74. The van der Waals surface area contributed by atoms with Gasteiger partial charge in [-0.05, 0) is 25.8 Å². The first kappa shape index (κ1) is 20.3. The monoisotopic (exact) mass is 434 g/mol.